The first-order valence-corrected chi connectivity index (χ1v) is 11.8. The van der Waals surface area contributed by atoms with Crippen molar-refractivity contribution < 1.29 is 0 Å². The quantitative estimate of drug-likeness (QED) is 0.338. The number of pyridine rings is 1. The summed E-state index contributed by atoms with van der Waals surface area (Å²) in [5.41, 5.74) is 10.9. The van der Waals surface area contributed by atoms with E-state index in [1.165, 1.54) is 27.8 Å². The first-order valence-electron chi connectivity index (χ1n) is 11.8. The number of fused-ring (bicyclic) bond motifs is 4. The largest absolute Gasteiger partial charge is 0.353 e. The summed E-state index contributed by atoms with van der Waals surface area (Å²) in [6, 6.07) is 28.2. The van der Waals surface area contributed by atoms with Crippen LogP contribution in [0, 0.1) is 25.2 Å². The van der Waals surface area contributed by atoms with Crippen molar-refractivity contribution in [2.75, 3.05) is 11.4 Å². The minimum atomic E-state index is 0.666. The average molecular weight is 443 g/mol. The van der Waals surface area contributed by atoms with Gasteiger partial charge in [-0.05, 0) is 54.7 Å². The summed E-state index contributed by atoms with van der Waals surface area (Å²) < 4.78 is 2.23. The van der Waals surface area contributed by atoms with Gasteiger partial charge in [-0.1, -0.05) is 66.2 Å². The van der Waals surface area contributed by atoms with Crippen LogP contribution < -0.4 is 4.90 Å². The molecule has 0 radical (unpaired) electrons. The Morgan fingerprint density at radius 3 is 2.44 bits per heavy atom. The van der Waals surface area contributed by atoms with Crippen LogP contribution in [0.2, 0.25) is 0 Å². The molecule has 0 aliphatic carbocycles. The molecule has 0 unspecified atom stereocenters. The Labute approximate surface area is 199 Å². The number of benzene rings is 3. The molecule has 2 aromatic heterocycles. The maximum atomic E-state index is 10.2. The van der Waals surface area contributed by atoms with Gasteiger partial charge < -0.3 is 4.90 Å². The third kappa shape index (κ3) is 3.24. The number of nitrogens with zero attached hydrogens (tertiary/aromatic N) is 4. The van der Waals surface area contributed by atoms with Gasteiger partial charge in [0, 0.05) is 25.1 Å². The molecule has 3 aromatic carbocycles. The van der Waals surface area contributed by atoms with Crippen molar-refractivity contribution in [3.8, 4) is 6.07 Å². The van der Waals surface area contributed by atoms with Crippen molar-refractivity contribution in [3.63, 3.8) is 0 Å². The molecule has 0 spiro atoms. The first-order chi connectivity index (χ1) is 16.6. The number of nitriles is 1. The van der Waals surface area contributed by atoms with Crippen molar-refractivity contribution in [2.45, 2.75) is 33.2 Å². The van der Waals surface area contributed by atoms with Gasteiger partial charge in [-0.2, -0.15) is 5.26 Å². The monoisotopic (exact) mass is 442 g/mol. The molecule has 0 atom stereocenters. The van der Waals surface area contributed by atoms with Crippen LogP contribution >= 0.6 is 0 Å². The van der Waals surface area contributed by atoms with Crippen molar-refractivity contribution in [2.24, 2.45) is 0 Å². The van der Waals surface area contributed by atoms with E-state index in [0.29, 0.717) is 5.56 Å². The van der Waals surface area contributed by atoms with Crippen LogP contribution in [-0.2, 0) is 19.4 Å². The van der Waals surface area contributed by atoms with Crippen molar-refractivity contribution >= 4 is 22.5 Å². The normalized spacial score (nSPS) is 13.3. The van der Waals surface area contributed by atoms with Gasteiger partial charge in [0.25, 0.3) is 0 Å². The molecule has 4 nitrogen and oxygen atoms in total. The van der Waals surface area contributed by atoms with Gasteiger partial charge >= 0.3 is 0 Å². The van der Waals surface area contributed by atoms with E-state index < -0.39 is 0 Å². The molecule has 1 aliphatic rings. The fraction of sp³-hybridized carbons (Fsp3) is 0.200. The molecule has 0 amide bonds. The molecule has 6 rings (SSSR count). The predicted octanol–water partition coefficient (Wildman–Crippen LogP) is 6.13. The van der Waals surface area contributed by atoms with E-state index in [1.807, 2.05) is 12.1 Å². The van der Waals surface area contributed by atoms with E-state index in [9.17, 15) is 5.26 Å². The number of hydrogen-bond donors (Lipinski definition) is 0. The number of imidazole rings is 1. The number of para-hydroxylation sites is 2. The molecule has 5 aromatic rings. The van der Waals surface area contributed by atoms with Crippen LogP contribution in [0.4, 0.5) is 5.82 Å². The zero-order valence-electron chi connectivity index (χ0n) is 19.5. The number of aromatic nitrogens is 2. The Hall–Kier alpha value is -4.10. The molecule has 0 bridgehead atoms. The second-order valence-electron chi connectivity index (χ2n) is 9.28. The van der Waals surface area contributed by atoms with Crippen LogP contribution in [0.5, 0.6) is 0 Å². The minimum Gasteiger partial charge on any atom is -0.353 e. The maximum Gasteiger partial charge on any atom is 0.157 e. The molecular weight excluding hydrogens is 416 g/mol. The summed E-state index contributed by atoms with van der Waals surface area (Å²) in [5, 5.41) is 10.2. The molecule has 0 saturated heterocycles. The minimum absolute atomic E-state index is 0.666. The summed E-state index contributed by atoms with van der Waals surface area (Å²) in [5.74, 6) is 1.16. The van der Waals surface area contributed by atoms with E-state index in [0.717, 1.165) is 54.0 Å². The van der Waals surface area contributed by atoms with E-state index in [1.54, 1.807) is 0 Å². The molecule has 0 fully saturated rings. The lowest BCUT2D eigenvalue weighted by atomic mass is 9.95. The van der Waals surface area contributed by atoms with Crippen molar-refractivity contribution in [3.05, 3.63) is 112 Å². The SMILES string of the molecule is Cc1ccc(Cc2c(C)c(C#N)c3nc4ccccc4n3c2N2CCc3ccccc3C2)cc1. The topological polar surface area (TPSA) is 44.3 Å². The van der Waals surface area contributed by atoms with E-state index in [-0.39, 0.29) is 0 Å². The highest BCUT2D eigenvalue weighted by Crippen LogP contribution is 2.36. The fourth-order valence-corrected chi connectivity index (χ4v) is 5.29. The highest BCUT2D eigenvalue weighted by atomic mass is 15.2. The fourth-order valence-electron chi connectivity index (χ4n) is 5.29. The van der Waals surface area contributed by atoms with Gasteiger partial charge in [0.1, 0.15) is 11.9 Å². The third-order valence-corrected chi connectivity index (χ3v) is 7.14. The summed E-state index contributed by atoms with van der Waals surface area (Å²) in [6.45, 7) is 5.99. The van der Waals surface area contributed by atoms with Gasteiger partial charge in [-0.15, -0.1) is 0 Å². The lowest BCUT2D eigenvalue weighted by Crippen LogP contribution is -2.33. The van der Waals surface area contributed by atoms with Gasteiger partial charge in [-0.3, -0.25) is 4.40 Å². The summed E-state index contributed by atoms with van der Waals surface area (Å²) in [6.07, 6.45) is 1.78. The second-order valence-corrected chi connectivity index (χ2v) is 9.28. The Morgan fingerprint density at radius 2 is 1.65 bits per heavy atom. The van der Waals surface area contributed by atoms with Crippen LogP contribution in [0.1, 0.15) is 38.9 Å². The van der Waals surface area contributed by atoms with Crippen LogP contribution in [0.25, 0.3) is 16.7 Å². The van der Waals surface area contributed by atoms with E-state index in [4.69, 9.17) is 4.98 Å². The maximum absolute atomic E-state index is 10.2. The zero-order chi connectivity index (χ0) is 23.2. The van der Waals surface area contributed by atoms with Gasteiger partial charge in [0.15, 0.2) is 5.65 Å². The lowest BCUT2D eigenvalue weighted by Gasteiger charge is -2.34. The first kappa shape index (κ1) is 20.5. The van der Waals surface area contributed by atoms with E-state index >= 15 is 0 Å². The average Bonchev–Trinajstić information content (AvgIpc) is 3.24. The van der Waals surface area contributed by atoms with Gasteiger partial charge in [0.2, 0.25) is 0 Å². The Bertz CT molecular complexity index is 1590. The van der Waals surface area contributed by atoms with Crippen LogP contribution in [-0.4, -0.2) is 15.9 Å². The highest BCUT2D eigenvalue weighted by molar-refractivity contribution is 5.86. The van der Waals surface area contributed by atoms with Gasteiger partial charge in [-0.25, -0.2) is 4.98 Å². The standard InChI is InChI=1S/C30H26N4/c1-20-11-13-22(14-12-20)17-25-21(2)26(18-31)29-32-27-9-5-6-10-28(27)34(29)30(25)33-16-15-23-7-3-4-8-24(23)19-33/h3-14H,15-17,19H2,1-2H3. The summed E-state index contributed by atoms with van der Waals surface area (Å²) in [4.78, 5) is 7.41. The Balaban J connectivity index is 1.64. The molecular formula is C30H26N4. The molecule has 4 heteroatoms. The summed E-state index contributed by atoms with van der Waals surface area (Å²) >= 11 is 0. The van der Waals surface area contributed by atoms with E-state index in [2.05, 4.69) is 89.9 Å². The third-order valence-electron chi connectivity index (χ3n) is 7.14. The molecule has 34 heavy (non-hydrogen) atoms. The number of hydrogen-bond acceptors (Lipinski definition) is 3. The smallest absolute Gasteiger partial charge is 0.157 e. The Morgan fingerprint density at radius 1 is 0.912 bits per heavy atom. The number of rotatable bonds is 3. The molecule has 3 heterocycles. The number of anilines is 1. The molecule has 0 N–H and O–H groups in total. The van der Waals surface area contributed by atoms with Gasteiger partial charge in [0.05, 0.1) is 16.6 Å². The van der Waals surface area contributed by atoms with Crippen molar-refractivity contribution in [1.82, 2.24) is 9.38 Å². The Kier molecular flexibility index (Phi) is 4.85. The van der Waals surface area contributed by atoms with Crippen LogP contribution in [0.3, 0.4) is 0 Å². The summed E-state index contributed by atoms with van der Waals surface area (Å²) in [7, 11) is 0. The van der Waals surface area contributed by atoms with Crippen molar-refractivity contribution in [1.29, 1.82) is 5.26 Å². The second kappa shape index (κ2) is 8.04. The molecule has 0 saturated carbocycles. The zero-order valence-corrected chi connectivity index (χ0v) is 19.5. The molecule has 1 aliphatic heterocycles. The molecule has 166 valence electrons. The van der Waals surface area contributed by atoms with Crippen LogP contribution in [0.15, 0.2) is 72.8 Å². The highest BCUT2D eigenvalue weighted by Gasteiger charge is 2.26. The lowest BCUT2D eigenvalue weighted by molar-refractivity contribution is 0.712. The predicted molar refractivity (Wildman–Crippen MR) is 137 cm³/mol. The number of aryl methyl sites for hydroxylation is 1.